The summed E-state index contributed by atoms with van der Waals surface area (Å²) in [5.74, 6) is -6.48. The lowest BCUT2D eigenvalue weighted by atomic mass is 9.71. The molecule has 12 heteroatoms. The molecule has 0 radical (unpaired) electrons. The quantitative estimate of drug-likeness (QED) is 0.118. The first kappa shape index (κ1) is 32.2. The van der Waals surface area contributed by atoms with E-state index in [1.165, 1.54) is 52.0 Å². The van der Waals surface area contributed by atoms with E-state index in [9.17, 15) is 49.8 Å². The van der Waals surface area contributed by atoms with Crippen LogP contribution < -0.4 is 0 Å². The Morgan fingerprint density at radius 1 is 0.562 bits per heavy atom. The highest BCUT2D eigenvalue weighted by atomic mass is 17.2. The summed E-state index contributed by atoms with van der Waals surface area (Å²) in [5.41, 5.74) is -4.67. The monoisotopic (exact) mass is 654 g/mol. The molecule has 0 heterocycles. The van der Waals surface area contributed by atoms with Crippen LogP contribution in [0.1, 0.15) is 111 Å². The Labute approximate surface area is 273 Å². The van der Waals surface area contributed by atoms with Crippen LogP contribution in [0.25, 0.3) is 0 Å². The number of carboxylic acids is 2. The Balaban J connectivity index is 1.64. The van der Waals surface area contributed by atoms with Gasteiger partial charge in [-0.3, -0.25) is 9.59 Å². The van der Waals surface area contributed by atoms with Gasteiger partial charge in [0.05, 0.1) is 11.1 Å². The van der Waals surface area contributed by atoms with E-state index in [0.29, 0.717) is 11.1 Å². The van der Waals surface area contributed by atoms with Crippen LogP contribution in [0.2, 0.25) is 0 Å². The number of phenols is 4. The number of aromatic hydroxyl groups is 4. The molecule has 2 aliphatic carbocycles. The summed E-state index contributed by atoms with van der Waals surface area (Å²) in [6.07, 6.45) is 0. The highest BCUT2D eigenvalue weighted by Gasteiger charge is 2.51. The van der Waals surface area contributed by atoms with Crippen LogP contribution >= 0.6 is 0 Å². The average molecular weight is 655 g/mol. The van der Waals surface area contributed by atoms with Crippen molar-refractivity contribution in [2.45, 2.75) is 52.7 Å². The molecular weight excluding hydrogens is 624 g/mol. The highest BCUT2D eigenvalue weighted by molar-refractivity contribution is 6.18. The molecule has 2 unspecified atom stereocenters. The molecule has 12 nitrogen and oxygen atoms in total. The van der Waals surface area contributed by atoms with E-state index in [-0.39, 0.29) is 67.1 Å². The standard InChI is InChI=1S/C36H30O12/c1-13-7-9-17-27(29(13)39)31(41)23-15(3)25(33(43)44)21(37)11-19(23)35(17,5)47-48-36(6)18-10-8-14(2)30(40)28(18)32(42)24-16(4)26(34(45)46)22(38)12-20(24)36/h7-12,37-40H,1-6H3,(H,43,44)(H,45,46). The molecule has 6 N–H and O–H groups in total. The summed E-state index contributed by atoms with van der Waals surface area (Å²) >= 11 is 0. The predicted molar refractivity (Wildman–Crippen MR) is 167 cm³/mol. The lowest BCUT2D eigenvalue weighted by Crippen LogP contribution is -2.42. The SMILES string of the molecule is Cc1ccc2c(c1O)C(=O)c1c(cc(O)c(C(=O)O)c1C)C2(C)OOC1(C)c2cc(O)c(C(=O)O)c(C)c2C(=O)c2c1ccc(C)c2O. The van der Waals surface area contributed by atoms with E-state index >= 15 is 0 Å². The lowest BCUT2D eigenvalue weighted by molar-refractivity contribution is -0.399. The van der Waals surface area contributed by atoms with Crippen molar-refractivity contribution in [2.75, 3.05) is 0 Å². The van der Waals surface area contributed by atoms with Gasteiger partial charge < -0.3 is 30.6 Å². The van der Waals surface area contributed by atoms with Crippen molar-refractivity contribution in [1.82, 2.24) is 0 Å². The van der Waals surface area contributed by atoms with Crippen LogP contribution in [0.15, 0.2) is 36.4 Å². The maximum atomic E-state index is 14.0. The zero-order valence-electron chi connectivity index (χ0n) is 26.6. The first-order valence-corrected chi connectivity index (χ1v) is 14.7. The zero-order valence-corrected chi connectivity index (χ0v) is 26.6. The van der Waals surface area contributed by atoms with E-state index in [1.807, 2.05) is 0 Å². The molecule has 246 valence electrons. The number of hydrogen-bond acceptors (Lipinski definition) is 10. The minimum absolute atomic E-state index is 0.00573. The van der Waals surface area contributed by atoms with Gasteiger partial charge in [0.15, 0.2) is 22.8 Å². The smallest absolute Gasteiger partial charge is 0.339 e. The third-order valence-electron chi connectivity index (χ3n) is 9.64. The number of ketones is 2. The van der Waals surface area contributed by atoms with Gasteiger partial charge >= 0.3 is 11.9 Å². The Hall–Kier alpha value is -5.72. The molecule has 0 spiro atoms. The minimum Gasteiger partial charge on any atom is -0.507 e. The molecule has 2 atom stereocenters. The number of carbonyl (C=O) groups is 4. The second kappa shape index (κ2) is 10.4. The first-order chi connectivity index (χ1) is 22.4. The Bertz CT molecular complexity index is 2040. The predicted octanol–water partition coefficient (Wildman–Crippen LogP) is 5.40. The molecule has 48 heavy (non-hydrogen) atoms. The fourth-order valence-corrected chi connectivity index (χ4v) is 7.01. The fourth-order valence-electron chi connectivity index (χ4n) is 7.01. The summed E-state index contributed by atoms with van der Waals surface area (Å²) < 4.78 is 0. The molecule has 0 aromatic heterocycles. The Kier molecular flexibility index (Phi) is 6.98. The molecule has 4 aromatic rings. The van der Waals surface area contributed by atoms with Crippen molar-refractivity contribution in [3.63, 3.8) is 0 Å². The van der Waals surface area contributed by atoms with Gasteiger partial charge in [0.1, 0.15) is 34.1 Å². The van der Waals surface area contributed by atoms with Crippen molar-refractivity contribution < 1.29 is 59.6 Å². The van der Waals surface area contributed by atoms with Crippen LogP contribution in [-0.2, 0) is 21.0 Å². The molecule has 0 aliphatic heterocycles. The van der Waals surface area contributed by atoms with Crippen LogP contribution in [-0.4, -0.2) is 54.1 Å². The molecular formula is C36H30O12. The molecule has 0 fully saturated rings. The second-order valence-electron chi connectivity index (χ2n) is 12.4. The number of benzene rings is 4. The molecule has 2 aliphatic rings. The third kappa shape index (κ3) is 4.09. The highest BCUT2D eigenvalue weighted by Crippen LogP contribution is 2.53. The van der Waals surface area contributed by atoms with Gasteiger partial charge in [0.25, 0.3) is 0 Å². The zero-order chi connectivity index (χ0) is 35.4. The number of rotatable bonds is 5. The number of phenolic OH excluding ortho intramolecular Hbond substituents is 2. The first-order valence-electron chi connectivity index (χ1n) is 14.7. The molecule has 0 saturated carbocycles. The van der Waals surface area contributed by atoms with Gasteiger partial charge in [-0.1, -0.05) is 24.3 Å². The molecule has 6 rings (SSSR count). The van der Waals surface area contributed by atoms with Crippen molar-refractivity contribution in [2.24, 2.45) is 0 Å². The molecule has 0 amide bonds. The number of fused-ring (bicyclic) bond motifs is 4. The average Bonchev–Trinajstić information content (AvgIpc) is 2.99. The maximum absolute atomic E-state index is 14.0. The number of aromatic carboxylic acids is 2. The number of carboxylic acid groups (broad SMARTS) is 2. The summed E-state index contributed by atoms with van der Waals surface area (Å²) in [5, 5.41) is 63.6. The third-order valence-corrected chi connectivity index (χ3v) is 9.64. The van der Waals surface area contributed by atoms with Crippen LogP contribution in [0.3, 0.4) is 0 Å². The topological polar surface area (TPSA) is 208 Å². The van der Waals surface area contributed by atoms with Crippen molar-refractivity contribution in [3.05, 3.63) is 114 Å². The van der Waals surface area contributed by atoms with Gasteiger partial charge in [-0.25, -0.2) is 19.4 Å². The van der Waals surface area contributed by atoms with Gasteiger partial charge in [-0.15, -0.1) is 0 Å². The van der Waals surface area contributed by atoms with Gasteiger partial charge in [-0.2, -0.15) is 0 Å². The van der Waals surface area contributed by atoms with Crippen LogP contribution in [0.4, 0.5) is 0 Å². The molecule has 0 saturated heterocycles. The fraction of sp³-hybridized carbons (Fsp3) is 0.222. The summed E-state index contributed by atoms with van der Waals surface area (Å²) in [7, 11) is 0. The van der Waals surface area contributed by atoms with E-state index in [4.69, 9.17) is 9.78 Å². The van der Waals surface area contributed by atoms with Crippen molar-refractivity contribution in [3.8, 4) is 23.0 Å². The molecule has 0 bridgehead atoms. The van der Waals surface area contributed by atoms with Crippen LogP contribution in [0.5, 0.6) is 23.0 Å². The normalized spacial score (nSPS) is 19.3. The van der Waals surface area contributed by atoms with Gasteiger partial charge in [-0.05, 0) is 75.9 Å². The second-order valence-corrected chi connectivity index (χ2v) is 12.4. The minimum atomic E-state index is -1.85. The summed E-state index contributed by atoms with van der Waals surface area (Å²) in [6, 6.07) is 8.26. The number of hydrogen-bond donors (Lipinski definition) is 6. The van der Waals surface area contributed by atoms with E-state index < -0.39 is 57.3 Å². The van der Waals surface area contributed by atoms with Crippen LogP contribution in [0, 0.1) is 27.7 Å². The number of carbonyl (C=O) groups excluding carboxylic acids is 2. The van der Waals surface area contributed by atoms with E-state index in [0.717, 1.165) is 12.1 Å². The van der Waals surface area contributed by atoms with Crippen molar-refractivity contribution in [1.29, 1.82) is 0 Å². The molecule has 4 aromatic carbocycles. The Morgan fingerprint density at radius 3 is 1.21 bits per heavy atom. The van der Waals surface area contributed by atoms with Gasteiger partial charge in [0.2, 0.25) is 0 Å². The summed E-state index contributed by atoms with van der Waals surface area (Å²) in [6.45, 7) is 8.79. The lowest BCUT2D eigenvalue weighted by Gasteiger charge is -2.42. The number of aryl methyl sites for hydroxylation is 2. The van der Waals surface area contributed by atoms with E-state index in [1.54, 1.807) is 13.8 Å². The maximum Gasteiger partial charge on any atom is 0.339 e. The van der Waals surface area contributed by atoms with Gasteiger partial charge in [0, 0.05) is 33.4 Å². The summed E-state index contributed by atoms with van der Waals surface area (Å²) in [4.78, 5) is 64.7. The largest absolute Gasteiger partial charge is 0.507 e. The van der Waals surface area contributed by atoms with E-state index in [2.05, 4.69) is 0 Å². The van der Waals surface area contributed by atoms with Crippen molar-refractivity contribution >= 4 is 23.5 Å². The Morgan fingerprint density at radius 2 is 0.896 bits per heavy atom.